The maximum atomic E-state index is 9.24. The fourth-order valence-corrected chi connectivity index (χ4v) is 4.85. The van der Waals surface area contributed by atoms with Crippen molar-refractivity contribution in [2.75, 3.05) is 20.7 Å². The predicted octanol–water partition coefficient (Wildman–Crippen LogP) is 3.63. The number of fused-ring (bicyclic) bond motifs is 3. The molecule has 0 unspecified atom stereocenters. The van der Waals surface area contributed by atoms with Gasteiger partial charge in [0.15, 0.2) is 0 Å². The highest BCUT2D eigenvalue weighted by Crippen LogP contribution is 2.38. The van der Waals surface area contributed by atoms with Crippen LogP contribution in [0.2, 0.25) is 0 Å². The fourth-order valence-electron chi connectivity index (χ4n) is 3.84. The zero-order valence-corrected chi connectivity index (χ0v) is 16.1. The summed E-state index contributed by atoms with van der Waals surface area (Å²) in [5, 5.41) is 11.4. The van der Waals surface area contributed by atoms with Gasteiger partial charge < -0.3 is 14.7 Å². The molecule has 1 saturated carbocycles. The Morgan fingerprint density at radius 1 is 1.19 bits per heavy atom. The maximum absolute atomic E-state index is 9.24. The number of aromatic nitrogens is 2. The van der Waals surface area contributed by atoms with Gasteiger partial charge >= 0.3 is 0 Å². The van der Waals surface area contributed by atoms with E-state index in [4.69, 9.17) is 4.74 Å². The molecule has 0 spiro atoms. The Balaban J connectivity index is 1.64. The van der Waals surface area contributed by atoms with Gasteiger partial charge in [0, 0.05) is 22.7 Å². The van der Waals surface area contributed by atoms with Gasteiger partial charge in [-0.3, -0.25) is 0 Å². The average molecular weight is 372 g/mol. The third-order valence-corrected chi connectivity index (χ3v) is 6.43. The van der Waals surface area contributed by atoms with Crippen molar-refractivity contribution in [1.82, 2.24) is 14.9 Å². The molecule has 0 amide bonds. The van der Waals surface area contributed by atoms with E-state index >= 15 is 0 Å². The lowest BCUT2D eigenvalue weighted by Gasteiger charge is -2.32. The van der Waals surface area contributed by atoms with Crippen molar-refractivity contribution < 1.29 is 9.84 Å². The molecule has 1 aliphatic rings. The molecule has 6 heteroatoms. The Hall–Kier alpha value is -1.76. The van der Waals surface area contributed by atoms with E-state index in [-0.39, 0.29) is 12.7 Å². The Morgan fingerprint density at radius 2 is 2.00 bits per heavy atom. The van der Waals surface area contributed by atoms with Crippen molar-refractivity contribution in [3.63, 3.8) is 0 Å². The molecule has 1 N–H and O–H groups in total. The van der Waals surface area contributed by atoms with Crippen LogP contribution >= 0.6 is 11.3 Å². The molecule has 0 aliphatic heterocycles. The molecule has 0 saturated heterocycles. The van der Waals surface area contributed by atoms with Gasteiger partial charge in [0.25, 0.3) is 0 Å². The van der Waals surface area contributed by atoms with Crippen molar-refractivity contribution in [3.8, 4) is 5.88 Å². The van der Waals surface area contributed by atoms with Gasteiger partial charge in [-0.2, -0.15) is 0 Å². The minimum atomic E-state index is 0.155. The molecule has 5 nitrogen and oxygen atoms in total. The minimum Gasteiger partial charge on any atom is -0.474 e. The van der Waals surface area contributed by atoms with Gasteiger partial charge in [-0.25, -0.2) is 9.97 Å². The predicted molar refractivity (Wildman–Crippen MR) is 106 cm³/mol. The number of aliphatic hydroxyl groups is 1. The number of rotatable bonds is 5. The van der Waals surface area contributed by atoms with Crippen LogP contribution in [0.15, 0.2) is 24.5 Å². The van der Waals surface area contributed by atoms with E-state index in [1.807, 2.05) is 0 Å². The van der Waals surface area contributed by atoms with Crippen LogP contribution in [0.5, 0.6) is 5.88 Å². The number of nitrogens with zero attached hydrogens (tertiary/aromatic N) is 3. The average Bonchev–Trinajstić information content (AvgIpc) is 3.01. The Labute approximate surface area is 157 Å². The summed E-state index contributed by atoms with van der Waals surface area (Å²) < 4.78 is 7.53. The Kier molecular flexibility index (Phi) is 5.07. The van der Waals surface area contributed by atoms with Crippen molar-refractivity contribution in [1.29, 1.82) is 0 Å². The summed E-state index contributed by atoms with van der Waals surface area (Å²) in [4.78, 5) is 12.2. The second kappa shape index (κ2) is 7.47. The summed E-state index contributed by atoms with van der Waals surface area (Å²) in [5.41, 5.74) is 1.13. The van der Waals surface area contributed by atoms with E-state index in [1.54, 1.807) is 17.7 Å². The van der Waals surface area contributed by atoms with Crippen LogP contribution in [0.4, 0.5) is 0 Å². The Bertz CT molecular complexity index is 901. The van der Waals surface area contributed by atoms with Crippen LogP contribution in [0, 0.1) is 0 Å². The normalized spacial score (nSPS) is 20.9. The van der Waals surface area contributed by atoms with Gasteiger partial charge in [0.2, 0.25) is 5.88 Å². The third-order valence-electron chi connectivity index (χ3n) is 5.35. The van der Waals surface area contributed by atoms with E-state index in [0.29, 0.717) is 18.3 Å². The molecule has 0 bridgehead atoms. The molecule has 2 aromatic heterocycles. The van der Waals surface area contributed by atoms with Gasteiger partial charge in [-0.1, -0.05) is 6.07 Å². The summed E-state index contributed by atoms with van der Waals surface area (Å²) in [5.74, 6) is 0.704. The van der Waals surface area contributed by atoms with E-state index < -0.39 is 0 Å². The zero-order chi connectivity index (χ0) is 18.1. The number of aliphatic hydroxyl groups excluding tert-OH is 1. The first-order chi connectivity index (χ1) is 12.7. The number of ether oxygens (including phenoxy) is 1. The van der Waals surface area contributed by atoms with Gasteiger partial charge in [0.1, 0.15) is 17.3 Å². The van der Waals surface area contributed by atoms with E-state index in [1.165, 1.54) is 4.70 Å². The van der Waals surface area contributed by atoms with Gasteiger partial charge in [0.05, 0.1) is 5.39 Å². The highest BCUT2D eigenvalue weighted by atomic mass is 32.1. The highest BCUT2D eigenvalue weighted by molar-refractivity contribution is 7.25. The number of thiophene rings is 1. The molecule has 3 aromatic rings. The quantitative estimate of drug-likeness (QED) is 0.742. The lowest BCUT2D eigenvalue weighted by molar-refractivity contribution is 0.108. The molecule has 0 atom stereocenters. The van der Waals surface area contributed by atoms with Crippen molar-refractivity contribution in [3.05, 3.63) is 30.1 Å². The largest absolute Gasteiger partial charge is 0.474 e. The van der Waals surface area contributed by atoms with Crippen LogP contribution < -0.4 is 4.74 Å². The van der Waals surface area contributed by atoms with Crippen molar-refractivity contribution in [2.45, 2.75) is 44.2 Å². The molecule has 1 aliphatic carbocycles. The van der Waals surface area contributed by atoms with Gasteiger partial charge in [-0.05, 0) is 63.9 Å². The first kappa shape index (κ1) is 17.6. The fraction of sp³-hybridized carbons (Fsp3) is 0.500. The topological polar surface area (TPSA) is 58.5 Å². The Morgan fingerprint density at radius 3 is 2.73 bits per heavy atom. The van der Waals surface area contributed by atoms with Crippen LogP contribution in [0.3, 0.4) is 0 Å². The van der Waals surface area contributed by atoms with E-state index in [2.05, 4.69) is 47.2 Å². The summed E-state index contributed by atoms with van der Waals surface area (Å²) >= 11 is 1.67. The number of hydrogen-bond donors (Lipinski definition) is 1. The van der Waals surface area contributed by atoms with Crippen LogP contribution in [-0.4, -0.2) is 52.8 Å². The summed E-state index contributed by atoms with van der Waals surface area (Å²) in [6.45, 7) is 0.155. The first-order valence-corrected chi connectivity index (χ1v) is 10.1. The monoisotopic (exact) mass is 371 g/mol. The lowest BCUT2D eigenvalue weighted by Crippen LogP contribution is -2.35. The lowest BCUT2D eigenvalue weighted by atomic mass is 9.92. The molecule has 0 radical (unpaired) electrons. The van der Waals surface area contributed by atoms with Crippen LogP contribution in [-0.2, 0) is 6.42 Å². The molecular formula is C20H25N3O2S. The maximum Gasteiger partial charge on any atom is 0.226 e. The summed E-state index contributed by atoms with van der Waals surface area (Å²) in [6.07, 6.45) is 6.94. The molecule has 1 aromatic carbocycles. The minimum absolute atomic E-state index is 0.155. The van der Waals surface area contributed by atoms with Crippen molar-refractivity contribution in [2.24, 2.45) is 0 Å². The standard InChI is InChI=1S/C20H25N3O2S/c1-23(2)14-4-6-15(7-5-14)25-19-18-16-11-13(9-10-24)3-8-17(16)26-20(18)22-12-21-19/h3,8,11-12,14-15,24H,4-7,9-10H2,1-2H3. The van der Waals surface area contributed by atoms with Crippen LogP contribution in [0.1, 0.15) is 31.2 Å². The van der Waals surface area contributed by atoms with Crippen LogP contribution in [0.25, 0.3) is 20.3 Å². The SMILES string of the molecule is CN(C)C1CCC(Oc2ncnc3sc4ccc(CCO)cc4c23)CC1. The zero-order valence-electron chi connectivity index (χ0n) is 15.3. The molecule has 1 fully saturated rings. The van der Waals surface area contributed by atoms with E-state index in [9.17, 15) is 5.11 Å². The third kappa shape index (κ3) is 3.41. The second-order valence-corrected chi connectivity index (χ2v) is 8.31. The molecular weight excluding hydrogens is 346 g/mol. The van der Waals surface area contributed by atoms with Crippen molar-refractivity contribution >= 4 is 31.6 Å². The molecule has 4 rings (SSSR count). The molecule has 2 heterocycles. The smallest absolute Gasteiger partial charge is 0.226 e. The summed E-state index contributed by atoms with van der Waals surface area (Å²) in [7, 11) is 4.31. The molecule has 138 valence electrons. The summed E-state index contributed by atoms with van der Waals surface area (Å²) in [6, 6.07) is 6.98. The van der Waals surface area contributed by atoms with Gasteiger partial charge in [-0.15, -0.1) is 11.3 Å². The number of hydrogen-bond acceptors (Lipinski definition) is 6. The number of benzene rings is 1. The highest BCUT2D eigenvalue weighted by Gasteiger charge is 2.25. The second-order valence-electron chi connectivity index (χ2n) is 7.28. The first-order valence-electron chi connectivity index (χ1n) is 9.26. The van der Waals surface area contributed by atoms with E-state index in [0.717, 1.165) is 46.8 Å². The molecule has 26 heavy (non-hydrogen) atoms.